The minimum absolute atomic E-state index is 0.212. The number of rotatable bonds is 2. The van der Waals surface area contributed by atoms with Gasteiger partial charge in [0.05, 0.1) is 11.0 Å². The third kappa shape index (κ3) is 2.88. The maximum atomic E-state index is 12.0. The van der Waals surface area contributed by atoms with Crippen molar-refractivity contribution in [2.45, 2.75) is 6.92 Å². The third-order valence-corrected chi connectivity index (χ3v) is 3.54. The molecule has 0 aliphatic rings. The third-order valence-electron chi connectivity index (χ3n) is 3.20. The molecule has 0 saturated heterocycles. The first kappa shape index (κ1) is 13.6. The summed E-state index contributed by atoms with van der Waals surface area (Å²) in [5.74, 6) is 0. The first-order chi connectivity index (χ1) is 10.1. The Morgan fingerprint density at radius 2 is 1.95 bits per heavy atom. The fourth-order valence-corrected chi connectivity index (χ4v) is 2.31. The van der Waals surface area contributed by atoms with Crippen molar-refractivity contribution in [2.75, 3.05) is 0 Å². The van der Waals surface area contributed by atoms with Gasteiger partial charge in [-0.2, -0.15) is 0 Å². The highest BCUT2D eigenvalue weighted by Gasteiger charge is 2.02. The molecule has 0 amide bonds. The number of benzene rings is 2. The average molecular weight is 297 g/mol. The van der Waals surface area contributed by atoms with E-state index < -0.39 is 0 Å². The molecule has 0 atom stereocenters. The van der Waals surface area contributed by atoms with Gasteiger partial charge in [0.1, 0.15) is 5.69 Å². The Kier molecular flexibility index (Phi) is 3.59. The van der Waals surface area contributed by atoms with Crippen molar-refractivity contribution in [3.05, 3.63) is 74.7 Å². The minimum atomic E-state index is -0.212. The number of nitrogens with zero attached hydrogens (tertiary/aromatic N) is 1. The van der Waals surface area contributed by atoms with E-state index in [1.165, 1.54) is 0 Å². The van der Waals surface area contributed by atoms with Crippen molar-refractivity contribution in [1.82, 2.24) is 9.97 Å². The van der Waals surface area contributed by atoms with Crippen LogP contribution < -0.4 is 5.56 Å². The van der Waals surface area contributed by atoms with E-state index in [0.29, 0.717) is 10.7 Å². The van der Waals surface area contributed by atoms with Crippen LogP contribution in [0.5, 0.6) is 0 Å². The molecule has 0 aliphatic heterocycles. The second kappa shape index (κ2) is 5.54. The lowest BCUT2D eigenvalue weighted by Gasteiger charge is -2.01. The van der Waals surface area contributed by atoms with Crippen molar-refractivity contribution < 1.29 is 0 Å². The molecule has 4 heteroatoms. The van der Waals surface area contributed by atoms with Gasteiger partial charge in [-0.25, -0.2) is 4.98 Å². The molecule has 0 saturated carbocycles. The normalized spacial score (nSPS) is 11.3. The van der Waals surface area contributed by atoms with E-state index in [9.17, 15) is 4.79 Å². The zero-order valence-electron chi connectivity index (χ0n) is 11.4. The number of halogens is 1. The van der Waals surface area contributed by atoms with Crippen LogP contribution in [0.15, 0.2) is 47.3 Å². The second-order valence-electron chi connectivity index (χ2n) is 4.83. The Bertz CT molecular complexity index is 897. The summed E-state index contributed by atoms with van der Waals surface area (Å²) < 4.78 is 0. The molecule has 0 unspecified atom stereocenters. The lowest BCUT2D eigenvalue weighted by Crippen LogP contribution is -2.11. The van der Waals surface area contributed by atoms with Crippen LogP contribution in [0.1, 0.15) is 16.8 Å². The van der Waals surface area contributed by atoms with Crippen molar-refractivity contribution in [1.29, 1.82) is 0 Å². The standard InChI is InChI=1S/C17H13ClN2O/c1-11-6-8-14-16(10-11)20-17(21)15(19-14)9-7-12-4-2-3-5-13(12)18/h2-10H,1H3,(H,20,21)/b9-7-. The molecule has 3 nitrogen and oxygen atoms in total. The van der Waals surface area contributed by atoms with Gasteiger partial charge in [-0.1, -0.05) is 41.9 Å². The molecule has 1 N–H and O–H groups in total. The number of H-pyrrole nitrogens is 1. The summed E-state index contributed by atoms with van der Waals surface area (Å²) in [5.41, 5.74) is 3.60. The fourth-order valence-electron chi connectivity index (χ4n) is 2.11. The highest BCUT2D eigenvalue weighted by molar-refractivity contribution is 6.32. The van der Waals surface area contributed by atoms with Crippen molar-refractivity contribution >= 4 is 34.8 Å². The van der Waals surface area contributed by atoms with Gasteiger partial charge in [0.15, 0.2) is 0 Å². The molecule has 0 radical (unpaired) electrons. The van der Waals surface area contributed by atoms with Crippen LogP contribution in [0.2, 0.25) is 5.02 Å². The lowest BCUT2D eigenvalue weighted by molar-refractivity contribution is 1.19. The molecule has 0 bridgehead atoms. The maximum absolute atomic E-state index is 12.0. The van der Waals surface area contributed by atoms with E-state index in [1.54, 1.807) is 12.2 Å². The number of nitrogens with one attached hydrogen (secondary N) is 1. The van der Waals surface area contributed by atoms with Gasteiger partial charge in [-0.15, -0.1) is 0 Å². The molecular formula is C17H13ClN2O. The topological polar surface area (TPSA) is 45.8 Å². The van der Waals surface area contributed by atoms with Crippen LogP contribution in [0, 0.1) is 6.92 Å². The van der Waals surface area contributed by atoms with E-state index in [4.69, 9.17) is 11.6 Å². The molecule has 21 heavy (non-hydrogen) atoms. The van der Waals surface area contributed by atoms with Crippen molar-refractivity contribution in [3.8, 4) is 0 Å². The van der Waals surface area contributed by atoms with Crippen LogP contribution >= 0.6 is 11.6 Å². The fraction of sp³-hybridized carbons (Fsp3) is 0.0588. The summed E-state index contributed by atoms with van der Waals surface area (Å²) in [6.07, 6.45) is 3.47. The monoisotopic (exact) mass is 296 g/mol. The van der Waals surface area contributed by atoms with Gasteiger partial charge in [0, 0.05) is 5.02 Å². The molecule has 0 aliphatic carbocycles. The van der Waals surface area contributed by atoms with Gasteiger partial charge in [0.25, 0.3) is 5.56 Å². The highest BCUT2D eigenvalue weighted by Crippen LogP contribution is 2.17. The molecule has 0 fully saturated rings. The first-order valence-corrected chi connectivity index (χ1v) is 6.94. The SMILES string of the molecule is Cc1ccc2nc(/C=C\c3ccccc3Cl)c(=O)[nH]c2c1. The van der Waals surface area contributed by atoms with Crippen LogP contribution in [0.25, 0.3) is 23.2 Å². The number of aryl methyl sites for hydroxylation is 1. The van der Waals surface area contributed by atoms with Gasteiger partial charge >= 0.3 is 0 Å². The first-order valence-electron chi connectivity index (χ1n) is 6.57. The maximum Gasteiger partial charge on any atom is 0.274 e. The summed E-state index contributed by atoms with van der Waals surface area (Å²) >= 11 is 6.09. The zero-order valence-corrected chi connectivity index (χ0v) is 12.2. The molecule has 0 spiro atoms. The number of hydrogen-bond donors (Lipinski definition) is 1. The zero-order chi connectivity index (χ0) is 14.8. The molecule has 2 aromatic carbocycles. The summed E-state index contributed by atoms with van der Waals surface area (Å²) in [4.78, 5) is 19.3. The molecule has 3 rings (SSSR count). The van der Waals surface area contributed by atoms with Gasteiger partial charge in [-0.05, 0) is 42.3 Å². The summed E-state index contributed by atoms with van der Waals surface area (Å²) in [7, 11) is 0. The smallest absolute Gasteiger partial charge is 0.274 e. The molecule has 1 aromatic heterocycles. The van der Waals surface area contributed by atoms with Gasteiger partial charge in [0.2, 0.25) is 0 Å². The van der Waals surface area contributed by atoms with E-state index in [-0.39, 0.29) is 5.56 Å². The second-order valence-corrected chi connectivity index (χ2v) is 5.23. The number of aromatic nitrogens is 2. The largest absolute Gasteiger partial charge is 0.319 e. The Hall–Kier alpha value is -2.39. The van der Waals surface area contributed by atoms with Crippen LogP contribution in [-0.4, -0.2) is 9.97 Å². The van der Waals surface area contributed by atoms with Crippen molar-refractivity contribution in [2.24, 2.45) is 0 Å². The number of aromatic amines is 1. The predicted octanol–water partition coefficient (Wildman–Crippen LogP) is 4.06. The van der Waals surface area contributed by atoms with Gasteiger partial charge in [-0.3, -0.25) is 4.79 Å². The Labute approximate surface area is 126 Å². The van der Waals surface area contributed by atoms with Crippen LogP contribution in [0.3, 0.4) is 0 Å². The summed E-state index contributed by atoms with van der Waals surface area (Å²) in [6, 6.07) is 13.2. The average Bonchev–Trinajstić information content (AvgIpc) is 2.46. The van der Waals surface area contributed by atoms with E-state index in [2.05, 4.69) is 9.97 Å². The predicted molar refractivity (Wildman–Crippen MR) is 87.5 cm³/mol. The summed E-state index contributed by atoms with van der Waals surface area (Å²) in [5, 5.41) is 0.640. The van der Waals surface area contributed by atoms with E-state index in [1.807, 2.05) is 49.4 Å². The Morgan fingerprint density at radius 1 is 1.14 bits per heavy atom. The molecule has 1 heterocycles. The number of hydrogen-bond acceptors (Lipinski definition) is 2. The van der Waals surface area contributed by atoms with Gasteiger partial charge < -0.3 is 4.98 Å². The lowest BCUT2D eigenvalue weighted by atomic mass is 10.2. The molecule has 104 valence electrons. The molecule has 3 aromatic rings. The minimum Gasteiger partial charge on any atom is -0.319 e. The van der Waals surface area contributed by atoms with Crippen LogP contribution in [0.4, 0.5) is 0 Å². The number of fused-ring (bicyclic) bond motifs is 1. The van der Waals surface area contributed by atoms with E-state index >= 15 is 0 Å². The van der Waals surface area contributed by atoms with Crippen LogP contribution in [-0.2, 0) is 0 Å². The summed E-state index contributed by atoms with van der Waals surface area (Å²) in [6.45, 7) is 1.98. The Morgan fingerprint density at radius 3 is 2.76 bits per heavy atom. The quantitative estimate of drug-likeness (QED) is 0.775. The van der Waals surface area contributed by atoms with Crippen molar-refractivity contribution in [3.63, 3.8) is 0 Å². The highest BCUT2D eigenvalue weighted by atomic mass is 35.5. The molecular weight excluding hydrogens is 284 g/mol. The van der Waals surface area contributed by atoms with E-state index in [0.717, 1.165) is 22.2 Å². The Balaban J connectivity index is 2.05.